The van der Waals surface area contributed by atoms with Gasteiger partial charge in [0.15, 0.2) is 0 Å². The van der Waals surface area contributed by atoms with Crippen LogP contribution in [0.25, 0.3) is 0 Å². The van der Waals surface area contributed by atoms with Crippen LogP contribution in [-0.2, 0) is 14.3 Å². The summed E-state index contributed by atoms with van der Waals surface area (Å²) in [7, 11) is 0. The highest BCUT2D eigenvalue weighted by molar-refractivity contribution is 9.09. The van der Waals surface area contributed by atoms with E-state index in [1.54, 1.807) is 0 Å². The maximum absolute atomic E-state index is 11.1. The van der Waals surface area contributed by atoms with Crippen molar-refractivity contribution < 1.29 is 14.3 Å². The minimum Gasteiger partial charge on any atom is -0.391 e. The Morgan fingerprint density at radius 3 is 2.83 bits per heavy atom. The highest BCUT2D eigenvalue weighted by Gasteiger charge is 2.24. The summed E-state index contributed by atoms with van der Waals surface area (Å²) in [5, 5.41) is 3.00. The van der Waals surface area contributed by atoms with Crippen LogP contribution in [0.3, 0.4) is 0 Å². The maximum atomic E-state index is 11.1. The molecule has 1 rings (SSSR count). The molecule has 0 amide bonds. The van der Waals surface area contributed by atoms with E-state index < -0.39 is 11.9 Å². The van der Waals surface area contributed by atoms with Crippen molar-refractivity contribution in [1.82, 2.24) is 5.32 Å². The Bertz CT molecular complexity index is 189. The van der Waals surface area contributed by atoms with Gasteiger partial charge in [-0.2, -0.15) is 0 Å². The average molecular weight is 236 g/mol. The van der Waals surface area contributed by atoms with E-state index in [1.807, 2.05) is 0 Å². The third-order valence-corrected chi connectivity index (χ3v) is 2.13. The molecule has 5 heteroatoms. The van der Waals surface area contributed by atoms with Gasteiger partial charge in [0.25, 0.3) is 0 Å². The number of esters is 2. The van der Waals surface area contributed by atoms with Gasteiger partial charge < -0.3 is 10.1 Å². The summed E-state index contributed by atoms with van der Waals surface area (Å²) in [4.78, 5) is 21.7. The SMILES string of the molecule is O=C(CBr)OC(=O)[C@@H]1CCCN1. The van der Waals surface area contributed by atoms with Crippen molar-refractivity contribution in [3.8, 4) is 0 Å². The number of hydrogen-bond acceptors (Lipinski definition) is 4. The molecule has 1 fully saturated rings. The third-order valence-electron chi connectivity index (χ3n) is 1.67. The molecule has 4 nitrogen and oxygen atoms in total. The van der Waals surface area contributed by atoms with E-state index in [0.717, 1.165) is 19.4 Å². The molecule has 12 heavy (non-hydrogen) atoms. The molecule has 68 valence electrons. The Kier molecular flexibility index (Phi) is 3.68. The molecule has 1 aliphatic heterocycles. The molecule has 1 saturated heterocycles. The summed E-state index contributed by atoms with van der Waals surface area (Å²) >= 11 is 2.90. The molecule has 0 aromatic rings. The number of ether oxygens (including phenoxy) is 1. The van der Waals surface area contributed by atoms with Crippen LogP contribution in [0.5, 0.6) is 0 Å². The first-order valence-electron chi connectivity index (χ1n) is 3.78. The van der Waals surface area contributed by atoms with Crippen LogP contribution in [0, 0.1) is 0 Å². The van der Waals surface area contributed by atoms with Crippen molar-refractivity contribution in [2.24, 2.45) is 0 Å². The summed E-state index contributed by atoms with van der Waals surface area (Å²) in [5.74, 6) is -0.995. The zero-order valence-electron chi connectivity index (χ0n) is 6.51. The molecule has 0 saturated carbocycles. The Morgan fingerprint density at radius 1 is 1.58 bits per heavy atom. The van der Waals surface area contributed by atoms with Gasteiger partial charge in [-0.1, -0.05) is 15.9 Å². The predicted octanol–water partition coefficient (Wildman–Crippen LogP) is 0.203. The van der Waals surface area contributed by atoms with Crippen LogP contribution >= 0.6 is 15.9 Å². The fourth-order valence-electron chi connectivity index (χ4n) is 1.10. The highest BCUT2D eigenvalue weighted by atomic mass is 79.9. The molecule has 0 bridgehead atoms. The van der Waals surface area contributed by atoms with Crippen molar-refractivity contribution in [1.29, 1.82) is 0 Å². The van der Waals surface area contributed by atoms with Crippen LogP contribution in [0.1, 0.15) is 12.8 Å². The Morgan fingerprint density at radius 2 is 2.33 bits per heavy atom. The van der Waals surface area contributed by atoms with Gasteiger partial charge in [0.2, 0.25) is 0 Å². The van der Waals surface area contributed by atoms with E-state index in [4.69, 9.17) is 0 Å². The summed E-state index contributed by atoms with van der Waals surface area (Å²) < 4.78 is 4.50. The van der Waals surface area contributed by atoms with E-state index in [9.17, 15) is 9.59 Å². The van der Waals surface area contributed by atoms with Crippen LogP contribution in [-0.4, -0.2) is 29.9 Å². The smallest absolute Gasteiger partial charge is 0.330 e. The lowest BCUT2D eigenvalue weighted by Gasteiger charge is -2.06. The summed E-state index contributed by atoms with van der Waals surface area (Å²) in [6.45, 7) is 0.822. The summed E-state index contributed by atoms with van der Waals surface area (Å²) in [6, 6.07) is -0.284. The third kappa shape index (κ3) is 2.57. The molecular weight excluding hydrogens is 226 g/mol. The monoisotopic (exact) mass is 235 g/mol. The van der Waals surface area contributed by atoms with Crippen molar-refractivity contribution in [2.45, 2.75) is 18.9 Å². The van der Waals surface area contributed by atoms with Crippen molar-refractivity contribution in [3.63, 3.8) is 0 Å². The molecule has 1 atom stereocenters. The van der Waals surface area contributed by atoms with Crippen LogP contribution < -0.4 is 5.32 Å². The van der Waals surface area contributed by atoms with E-state index in [0.29, 0.717) is 0 Å². The second kappa shape index (κ2) is 4.57. The molecule has 1 N–H and O–H groups in total. The number of carbonyl (C=O) groups excluding carboxylic acids is 2. The second-order valence-electron chi connectivity index (χ2n) is 2.58. The lowest BCUT2D eigenvalue weighted by Crippen LogP contribution is -2.34. The van der Waals surface area contributed by atoms with Crippen LogP contribution in [0.2, 0.25) is 0 Å². The maximum Gasteiger partial charge on any atom is 0.330 e. The average Bonchev–Trinajstić information content (AvgIpc) is 2.56. The van der Waals surface area contributed by atoms with E-state index >= 15 is 0 Å². The minimum absolute atomic E-state index is 0.0610. The zero-order valence-corrected chi connectivity index (χ0v) is 8.09. The molecular formula is C7H10BrNO3. The minimum atomic E-state index is -0.534. The van der Waals surface area contributed by atoms with E-state index in [1.165, 1.54) is 0 Å². The fourth-order valence-corrected chi connectivity index (χ4v) is 1.21. The van der Waals surface area contributed by atoms with Gasteiger partial charge in [-0.05, 0) is 19.4 Å². The molecule has 0 spiro atoms. The second-order valence-corrected chi connectivity index (χ2v) is 3.14. The van der Waals surface area contributed by atoms with Crippen LogP contribution in [0.15, 0.2) is 0 Å². The van der Waals surface area contributed by atoms with Crippen molar-refractivity contribution in [2.75, 3.05) is 11.9 Å². The van der Waals surface area contributed by atoms with Gasteiger partial charge in [0.05, 0.1) is 0 Å². The summed E-state index contributed by atoms with van der Waals surface area (Å²) in [6.07, 6.45) is 1.72. The zero-order chi connectivity index (χ0) is 8.97. The van der Waals surface area contributed by atoms with Gasteiger partial charge >= 0.3 is 11.9 Å². The Hall–Kier alpha value is -0.420. The molecule has 0 aliphatic carbocycles. The van der Waals surface area contributed by atoms with Crippen molar-refractivity contribution in [3.05, 3.63) is 0 Å². The van der Waals surface area contributed by atoms with Crippen LogP contribution in [0.4, 0.5) is 0 Å². The van der Waals surface area contributed by atoms with Gasteiger partial charge in [-0.25, -0.2) is 4.79 Å². The topological polar surface area (TPSA) is 55.4 Å². The number of halogens is 1. The largest absolute Gasteiger partial charge is 0.391 e. The Labute approximate surface area is 78.8 Å². The van der Waals surface area contributed by atoms with Gasteiger partial charge in [-0.3, -0.25) is 4.79 Å². The molecule has 0 unspecified atom stereocenters. The highest BCUT2D eigenvalue weighted by Crippen LogP contribution is 2.06. The quantitative estimate of drug-likeness (QED) is 0.423. The van der Waals surface area contributed by atoms with E-state index in [-0.39, 0.29) is 11.4 Å². The fraction of sp³-hybridized carbons (Fsp3) is 0.714. The molecule has 0 aromatic carbocycles. The lowest BCUT2D eigenvalue weighted by molar-refractivity contribution is -0.158. The molecule has 1 aliphatic rings. The molecule has 0 aromatic heterocycles. The number of carbonyl (C=O) groups is 2. The summed E-state index contributed by atoms with van der Waals surface area (Å²) in [5.41, 5.74) is 0. The molecule has 0 radical (unpaired) electrons. The van der Waals surface area contributed by atoms with Gasteiger partial charge in [0.1, 0.15) is 11.4 Å². The Balaban J connectivity index is 2.32. The number of rotatable bonds is 2. The lowest BCUT2D eigenvalue weighted by atomic mass is 10.2. The van der Waals surface area contributed by atoms with E-state index in [2.05, 4.69) is 26.0 Å². The first-order chi connectivity index (χ1) is 5.74. The first kappa shape index (κ1) is 9.67. The number of nitrogens with one attached hydrogen (secondary N) is 1. The number of alkyl halides is 1. The van der Waals surface area contributed by atoms with Gasteiger partial charge in [0, 0.05) is 0 Å². The normalized spacial score (nSPS) is 22.2. The first-order valence-corrected chi connectivity index (χ1v) is 4.90. The van der Waals surface area contributed by atoms with Gasteiger partial charge in [-0.15, -0.1) is 0 Å². The molecule has 1 heterocycles. The number of hydrogen-bond donors (Lipinski definition) is 1. The van der Waals surface area contributed by atoms with Crippen molar-refractivity contribution >= 4 is 27.9 Å². The predicted molar refractivity (Wildman–Crippen MR) is 45.9 cm³/mol. The standard InChI is InChI=1S/C7H10BrNO3/c8-4-6(10)12-7(11)5-2-1-3-9-5/h5,9H,1-4H2/t5-/m0/s1.